The molecule has 2 amide bonds. The van der Waals surface area contributed by atoms with E-state index < -0.39 is 53.5 Å². The van der Waals surface area contributed by atoms with Crippen LogP contribution in [0.2, 0.25) is 0 Å². The van der Waals surface area contributed by atoms with Crippen molar-refractivity contribution in [3.05, 3.63) is 77.4 Å². The van der Waals surface area contributed by atoms with Crippen LogP contribution in [0.4, 0.5) is 38.4 Å². The third-order valence-electron chi connectivity index (χ3n) is 7.62. The third kappa shape index (κ3) is 9.04. The molecule has 0 unspecified atom stereocenters. The molecule has 3 aromatic rings. The minimum atomic E-state index is -3.07. The fraction of sp³-hybridized carbons (Fsp3) is 0.438. The van der Waals surface area contributed by atoms with Gasteiger partial charge in [0.05, 0.1) is 11.2 Å². The van der Waals surface area contributed by atoms with E-state index in [2.05, 4.69) is 15.3 Å². The molecule has 1 fully saturated rings. The number of rotatable bonds is 6. The van der Waals surface area contributed by atoms with Crippen LogP contribution in [0.3, 0.4) is 0 Å². The second-order valence-electron chi connectivity index (χ2n) is 13.2. The van der Waals surface area contributed by atoms with Crippen LogP contribution < -0.4 is 15.7 Å². The van der Waals surface area contributed by atoms with Gasteiger partial charge in [0.2, 0.25) is 0 Å². The molecule has 0 bridgehead atoms. The Kier molecular flexibility index (Phi) is 10.5. The highest BCUT2D eigenvalue weighted by Crippen LogP contribution is 2.37. The Morgan fingerprint density at radius 3 is 1.81 bits per heavy atom. The Morgan fingerprint density at radius 1 is 0.830 bits per heavy atom. The van der Waals surface area contributed by atoms with Gasteiger partial charge in [0, 0.05) is 53.9 Å². The number of carbonyl (C=O) groups excluding carboxylic acids is 1. The van der Waals surface area contributed by atoms with Crippen LogP contribution in [0, 0.1) is 5.82 Å². The maximum Gasteiger partial charge on any atom is 0.497 e. The summed E-state index contributed by atoms with van der Waals surface area (Å²) in [6, 6.07) is 8.38. The first kappa shape index (κ1) is 37.4. The molecular weight excluding hydrogens is 626 g/mol. The van der Waals surface area contributed by atoms with Gasteiger partial charge in [-0.2, -0.15) is 0 Å². The summed E-state index contributed by atoms with van der Waals surface area (Å²) in [4.78, 5) is 32.3. The molecular formula is C32H38BF5N4O5. The number of hydrogen-bond donors (Lipinski definition) is 2. The molecule has 0 atom stereocenters. The topological polar surface area (TPSA) is 114 Å². The molecule has 0 aliphatic carbocycles. The first-order valence-corrected chi connectivity index (χ1v) is 14.5. The van der Waals surface area contributed by atoms with Gasteiger partial charge in [-0.25, -0.2) is 36.7 Å². The molecule has 15 heteroatoms. The Bertz CT molecular complexity index is 1600. The first-order chi connectivity index (χ1) is 21.3. The average Bonchev–Trinajstić information content (AvgIpc) is 3.13. The van der Waals surface area contributed by atoms with Gasteiger partial charge in [-0.05, 0) is 84.9 Å². The van der Waals surface area contributed by atoms with Crippen molar-refractivity contribution in [2.75, 3.05) is 10.2 Å². The van der Waals surface area contributed by atoms with Gasteiger partial charge < -0.3 is 19.7 Å². The summed E-state index contributed by atoms with van der Waals surface area (Å²) < 4.78 is 79.6. The highest BCUT2D eigenvalue weighted by molar-refractivity contribution is 6.62. The Morgan fingerprint density at radius 2 is 1.34 bits per heavy atom. The van der Waals surface area contributed by atoms with Crippen LogP contribution in [0.15, 0.2) is 54.9 Å². The van der Waals surface area contributed by atoms with E-state index in [0.29, 0.717) is 0 Å². The van der Waals surface area contributed by atoms with Gasteiger partial charge in [0.25, 0.3) is 17.8 Å². The van der Waals surface area contributed by atoms with Crippen molar-refractivity contribution in [2.24, 2.45) is 0 Å². The van der Waals surface area contributed by atoms with E-state index in [1.165, 1.54) is 30.6 Å². The van der Waals surface area contributed by atoms with Crippen molar-refractivity contribution in [3.8, 4) is 0 Å². The predicted octanol–water partition coefficient (Wildman–Crippen LogP) is 7.36. The summed E-state index contributed by atoms with van der Waals surface area (Å²) in [7, 11) is -0.901. The lowest BCUT2D eigenvalue weighted by atomic mass is 9.78. The molecule has 0 radical (unpaired) electrons. The van der Waals surface area contributed by atoms with Crippen molar-refractivity contribution >= 4 is 36.2 Å². The van der Waals surface area contributed by atoms with Crippen molar-refractivity contribution in [1.82, 2.24) is 9.97 Å². The van der Waals surface area contributed by atoms with Crippen LogP contribution in [0.1, 0.15) is 83.8 Å². The third-order valence-corrected chi connectivity index (χ3v) is 7.62. The number of nitrogens with zero attached hydrogens (tertiary/aromatic N) is 3. The molecule has 9 nitrogen and oxygen atoms in total. The number of carbonyl (C=O) groups is 2. The quantitative estimate of drug-likeness (QED) is 0.209. The molecule has 1 saturated heterocycles. The molecule has 1 aliphatic heterocycles. The smallest absolute Gasteiger partial charge is 0.465 e. The number of anilines is 2. The zero-order valence-corrected chi connectivity index (χ0v) is 27.6. The Labute approximate surface area is 270 Å². The molecule has 1 aliphatic rings. The van der Waals surface area contributed by atoms with Crippen LogP contribution in [0.25, 0.3) is 0 Å². The summed E-state index contributed by atoms with van der Waals surface area (Å²) in [6.45, 7) is 13.9. The van der Waals surface area contributed by atoms with Crippen molar-refractivity contribution in [2.45, 2.75) is 90.9 Å². The summed E-state index contributed by atoms with van der Waals surface area (Å²) in [5, 5.41) is 11.6. The van der Waals surface area contributed by atoms with Gasteiger partial charge in [0.1, 0.15) is 17.5 Å². The van der Waals surface area contributed by atoms with Gasteiger partial charge in [-0.1, -0.05) is 6.07 Å². The van der Waals surface area contributed by atoms with Crippen LogP contribution in [-0.4, -0.2) is 50.9 Å². The maximum absolute atomic E-state index is 14.7. The zero-order valence-electron chi connectivity index (χ0n) is 27.6. The highest BCUT2D eigenvalue weighted by Gasteiger charge is 2.52. The molecule has 2 N–H and O–H groups in total. The Hall–Kier alpha value is -4.11. The molecule has 0 saturated carbocycles. The lowest BCUT2D eigenvalue weighted by Crippen LogP contribution is -2.45. The molecule has 0 spiro atoms. The zero-order chi connectivity index (χ0) is 35.8. The van der Waals surface area contributed by atoms with Crippen LogP contribution in [-0.2, 0) is 21.2 Å². The normalized spacial score (nSPS) is 15.8. The molecule has 4 rings (SSSR count). The van der Waals surface area contributed by atoms with E-state index in [0.717, 1.165) is 43.0 Å². The number of nitrogens with one attached hydrogen (secondary N) is 1. The number of aromatic nitrogens is 2. The monoisotopic (exact) mass is 664 g/mol. The summed E-state index contributed by atoms with van der Waals surface area (Å²) in [5.41, 5.74) is -2.38. The minimum absolute atomic E-state index is 0.00553. The number of alkyl halides is 4. The van der Waals surface area contributed by atoms with Crippen LogP contribution >= 0.6 is 0 Å². The van der Waals surface area contributed by atoms with E-state index in [1.807, 2.05) is 27.7 Å². The second kappa shape index (κ2) is 13.2. The summed E-state index contributed by atoms with van der Waals surface area (Å²) in [5.74, 6) is -7.50. The van der Waals surface area contributed by atoms with Gasteiger partial charge >= 0.3 is 13.2 Å². The molecule has 2 aromatic heterocycles. The molecule has 47 heavy (non-hydrogen) atoms. The van der Waals surface area contributed by atoms with Gasteiger partial charge in [-0.3, -0.25) is 9.69 Å². The van der Waals surface area contributed by atoms with E-state index in [9.17, 15) is 31.5 Å². The number of benzene rings is 1. The van der Waals surface area contributed by atoms with E-state index in [1.54, 1.807) is 20.8 Å². The van der Waals surface area contributed by atoms with Crippen molar-refractivity contribution in [3.63, 3.8) is 0 Å². The molecule has 1 aromatic carbocycles. The lowest BCUT2D eigenvalue weighted by Gasteiger charge is -2.32. The summed E-state index contributed by atoms with van der Waals surface area (Å²) >= 11 is 0. The van der Waals surface area contributed by atoms with Crippen LogP contribution in [0.5, 0.6) is 0 Å². The Balaban J connectivity index is 0.000000287. The number of halogens is 5. The van der Waals surface area contributed by atoms with E-state index in [-0.39, 0.29) is 33.8 Å². The van der Waals surface area contributed by atoms with Crippen molar-refractivity contribution in [1.29, 1.82) is 0 Å². The minimum Gasteiger partial charge on any atom is -0.465 e. The second-order valence-corrected chi connectivity index (χ2v) is 13.2. The number of carboxylic acid groups (broad SMARTS) is 1. The van der Waals surface area contributed by atoms with Gasteiger partial charge in [-0.15, -0.1) is 0 Å². The van der Waals surface area contributed by atoms with Gasteiger partial charge in [0.15, 0.2) is 0 Å². The first-order valence-electron chi connectivity index (χ1n) is 14.5. The molecule has 3 heterocycles. The SMILES string of the molecule is CC(F)(F)c1ccnc(N(C(=O)O)C(C)(C)C)c1.CC(F)(F)c1ccnc(NC(=O)c2ccc(B3OC(C)(C)C(C)(C)O3)c(F)c2)c1. The largest absolute Gasteiger partial charge is 0.497 e. The number of pyridine rings is 2. The fourth-order valence-corrected chi connectivity index (χ4v) is 4.33. The highest BCUT2D eigenvalue weighted by atomic mass is 19.3. The average molecular weight is 664 g/mol. The maximum atomic E-state index is 14.7. The lowest BCUT2D eigenvalue weighted by molar-refractivity contribution is 0.00578. The van der Waals surface area contributed by atoms with E-state index in [4.69, 9.17) is 14.4 Å². The van der Waals surface area contributed by atoms with E-state index >= 15 is 0 Å². The standard InChI is InChI=1S/C20H22BF3N2O3.C12H16F2N2O2/c1-18(2)19(3,4)29-21(28-18)14-7-6-12(10-15(14)22)17(27)26-16-11-13(8-9-25-16)20(5,23)24;1-11(2,3)16(10(17)18)9-7-8(5-6-15-9)12(4,13)14/h6-11H,1-5H3,(H,25,26,27);5-7H,1-4H3,(H,17,18). The van der Waals surface area contributed by atoms with Crippen molar-refractivity contribution < 1.29 is 46.0 Å². The predicted molar refractivity (Wildman–Crippen MR) is 168 cm³/mol. The molecule has 254 valence electrons. The number of amides is 2. The number of hydrogen-bond acceptors (Lipinski definition) is 6. The fourth-order valence-electron chi connectivity index (χ4n) is 4.33. The summed E-state index contributed by atoms with van der Waals surface area (Å²) in [6.07, 6.45) is 1.13.